The predicted molar refractivity (Wildman–Crippen MR) is 71.6 cm³/mol. The van der Waals surface area contributed by atoms with E-state index in [1.165, 1.54) is 6.07 Å². The van der Waals surface area contributed by atoms with Gasteiger partial charge in [-0.05, 0) is 26.7 Å². The first kappa shape index (κ1) is 14.6. The average Bonchev–Trinajstić information content (AvgIpc) is 3.08. The minimum absolute atomic E-state index is 0.164. The van der Waals surface area contributed by atoms with Gasteiger partial charge in [0.1, 0.15) is 5.69 Å². The molecular weight excluding hydrogens is 260 g/mol. The number of carbonyl (C=O) groups is 2. The zero-order chi connectivity index (χ0) is 14.5. The maximum Gasteiger partial charge on any atom is 0.358 e. The third kappa shape index (κ3) is 3.00. The highest BCUT2D eigenvalue weighted by Crippen LogP contribution is 2.30. The molecule has 6 heteroatoms. The Hall–Kier alpha value is -1.85. The molecule has 20 heavy (non-hydrogen) atoms. The second-order valence-electron chi connectivity index (χ2n) is 4.74. The van der Waals surface area contributed by atoms with Crippen LogP contribution in [-0.4, -0.2) is 34.9 Å². The van der Waals surface area contributed by atoms with Crippen LogP contribution in [0.4, 0.5) is 0 Å². The van der Waals surface area contributed by atoms with Crippen LogP contribution in [0.1, 0.15) is 66.5 Å². The van der Waals surface area contributed by atoms with Gasteiger partial charge in [0.25, 0.3) is 0 Å². The van der Waals surface area contributed by atoms with E-state index in [0.717, 1.165) is 25.7 Å². The summed E-state index contributed by atoms with van der Waals surface area (Å²) in [7, 11) is 0. The number of ether oxygens (including phenoxy) is 2. The summed E-state index contributed by atoms with van der Waals surface area (Å²) in [6.07, 6.45) is 4.16. The van der Waals surface area contributed by atoms with Crippen molar-refractivity contribution < 1.29 is 19.1 Å². The van der Waals surface area contributed by atoms with Gasteiger partial charge in [-0.3, -0.25) is 4.68 Å². The van der Waals surface area contributed by atoms with Crippen molar-refractivity contribution in [2.24, 2.45) is 0 Å². The number of carbonyl (C=O) groups excluding carboxylic acids is 2. The van der Waals surface area contributed by atoms with Crippen molar-refractivity contribution in [1.82, 2.24) is 9.78 Å². The van der Waals surface area contributed by atoms with Gasteiger partial charge in [0.2, 0.25) is 0 Å². The Labute approximate surface area is 118 Å². The molecule has 1 aliphatic carbocycles. The molecule has 1 aromatic rings. The SMILES string of the molecule is CCOC(=O)c1cc(C(=O)OCC)n(C2CCCC2)n1. The van der Waals surface area contributed by atoms with Gasteiger partial charge in [-0.25, -0.2) is 9.59 Å². The first-order chi connectivity index (χ1) is 9.67. The normalized spacial score (nSPS) is 15.3. The van der Waals surface area contributed by atoms with E-state index in [0.29, 0.717) is 12.3 Å². The van der Waals surface area contributed by atoms with Crippen molar-refractivity contribution in [2.75, 3.05) is 13.2 Å². The smallest absolute Gasteiger partial charge is 0.358 e. The lowest BCUT2D eigenvalue weighted by Gasteiger charge is -2.13. The Kier molecular flexibility index (Phi) is 4.76. The first-order valence-corrected chi connectivity index (χ1v) is 7.11. The maximum absolute atomic E-state index is 12.0. The van der Waals surface area contributed by atoms with Crippen molar-refractivity contribution in [3.63, 3.8) is 0 Å². The number of hydrogen-bond acceptors (Lipinski definition) is 5. The van der Waals surface area contributed by atoms with Crippen molar-refractivity contribution in [2.45, 2.75) is 45.6 Å². The summed E-state index contributed by atoms with van der Waals surface area (Å²) in [6.45, 7) is 4.06. The molecule has 110 valence electrons. The summed E-state index contributed by atoms with van der Waals surface area (Å²) in [5, 5.41) is 4.26. The van der Waals surface area contributed by atoms with Gasteiger partial charge in [0, 0.05) is 6.07 Å². The van der Waals surface area contributed by atoms with Gasteiger partial charge in [0.05, 0.1) is 19.3 Å². The Morgan fingerprint density at radius 3 is 2.40 bits per heavy atom. The Morgan fingerprint density at radius 1 is 1.20 bits per heavy atom. The van der Waals surface area contributed by atoms with Crippen LogP contribution in [0, 0.1) is 0 Å². The summed E-state index contributed by atoms with van der Waals surface area (Å²) < 4.78 is 11.6. The van der Waals surface area contributed by atoms with E-state index in [-0.39, 0.29) is 18.3 Å². The molecule has 1 aliphatic rings. The van der Waals surface area contributed by atoms with Crippen LogP contribution in [0.15, 0.2) is 6.07 Å². The monoisotopic (exact) mass is 280 g/mol. The number of nitrogens with zero attached hydrogens (tertiary/aromatic N) is 2. The zero-order valence-corrected chi connectivity index (χ0v) is 11.9. The van der Waals surface area contributed by atoms with Crippen molar-refractivity contribution >= 4 is 11.9 Å². The Bertz CT molecular complexity index is 489. The Balaban J connectivity index is 2.31. The molecule has 0 unspecified atom stereocenters. The minimum Gasteiger partial charge on any atom is -0.461 e. The Morgan fingerprint density at radius 2 is 1.80 bits per heavy atom. The highest BCUT2D eigenvalue weighted by molar-refractivity contribution is 5.93. The van der Waals surface area contributed by atoms with Gasteiger partial charge in [0.15, 0.2) is 5.69 Å². The molecule has 1 saturated carbocycles. The molecule has 1 heterocycles. The maximum atomic E-state index is 12.0. The molecule has 1 fully saturated rings. The summed E-state index contributed by atoms with van der Waals surface area (Å²) >= 11 is 0. The highest BCUT2D eigenvalue weighted by atomic mass is 16.5. The molecule has 6 nitrogen and oxygen atoms in total. The molecule has 0 amide bonds. The summed E-state index contributed by atoms with van der Waals surface area (Å²) in [4.78, 5) is 23.7. The standard InChI is InChI=1S/C14H20N2O4/c1-3-19-13(17)11-9-12(14(18)20-4-2)16(15-11)10-7-5-6-8-10/h9-10H,3-8H2,1-2H3. The number of hydrogen-bond donors (Lipinski definition) is 0. The van der Waals surface area contributed by atoms with E-state index in [2.05, 4.69) is 5.10 Å². The molecular formula is C14H20N2O4. The second-order valence-corrected chi connectivity index (χ2v) is 4.74. The van der Waals surface area contributed by atoms with E-state index in [1.54, 1.807) is 18.5 Å². The lowest BCUT2D eigenvalue weighted by molar-refractivity contribution is 0.0502. The zero-order valence-electron chi connectivity index (χ0n) is 11.9. The van der Waals surface area contributed by atoms with Crippen LogP contribution in [0.3, 0.4) is 0 Å². The molecule has 0 aliphatic heterocycles. The molecule has 0 aromatic carbocycles. The number of esters is 2. The summed E-state index contributed by atoms with van der Waals surface area (Å²) in [5.41, 5.74) is 0.503. The van der Waals surface area contributed by atoms with Gasteiger partial charge < -0.3 is 9.47 Å². The lowest BCUT2D eigenvalue weighted by atomic mass is 10.2. The van der Waals surface area contributed by atoms with Crippen LogP contribution >= 0.6 is 0 Å². The van der Waals surface area contributed by atoms with Crippen LogP contribution in [0.25, 0.3) is 0 Å². The fourth-order valence-electron chi connectivity index (χ4n) is 2.48. The van der Waals surface area contributed by atoms with Crippen molar-refractivity contribution in [3.05, 3.63) is 17.5 Å². The molecule has 0 spiro atoms. The van der Waals surface area contributed by atoms with E-state index < -0.39 is 11.9 Å². The average molecular weight is 280 g/mol. The van der Waals surface area contributed by atoms with Crippen molar-refractivity contribution in [1.29, 1.82) is 0 Å². The highest BCUT2D eigenvalue weighted by Gasteiger charge is 2.27. The van der Waals surface area contributed by atoms with E-state index >= 15 is 0 Å². The fourth-order valence-corrected chi connectivity index (χ4v) is 2.48. The quantitative estimate of drug-likeness (QED) is 0.774. The molecule has 1 aromatic heterocycles. The van der Waals surface area contributed by atoms with Gasteiger partial charge in [-0.1, -0.05) is 12.8 Å². The number of rotatable bonds is 5. The van der Waals surface area contributed by atoms with Crippen LogP contribution in [0.2, 0.25) is 0 Å². The van der Waals surface area contributed by atoms with Gasteiger partial charge in [-0.15, -0.1) is 0 Å². The second kappa shape index (κ2) is 6.54. The van der Waals surface area contributed by atoms with E-state index in [9.17, 15) is 9.59 Å². The molecule has 2 rings (SSSR count). The molecule has 0 bridgehead atoms. The van der Waals surface area contributed by atoms with E-state index in [1.807, 2.05) is 0 Å². The molecule has 0 N–H and O–H groups in total. The largest absolute Gasteiger partial charge is 0.461 e. The fraction of sp³-hybridized carbons (Fsp3) is 0.643. The summed E-state index contributed by atoms with van der Waals surface area (Å²) in [6, 6.07) is 1.63. The van der Waals surface area contributed by atoms with Gasteiger partial charge >= 0.3 is 11.9 Å². The lowest BCUT2D eigenvalue weighted by Crippen LogP contribution is -2.16. The third-order valence-corrected chi connectivity index (χ3v) is 3.38. The molecule has 0 saturated heterocycles. The van der Waals surface area contributed by atoms with Crippen LogP contribution < -0.4 is 0 Å². The molecule has 0 atom stereocenters. The van der Waals surface area contributed by atoms with Gasteiger partial charge in [-0.2, -0.15) is 5.10 Å². The first-order valence-electron chi connectivity index (χ1n) is 7.11. The molecule has 0 radical (unpaired) electrons. The predicted octanol–water partition coefficient (Wildman–Crippen LogP) is 2.35. The number of aromatic nitrogens is 2. The van der Waals surface area contributed by atoms with Crippen molar-refractivity contribution in [3.8, 4) is 0 Å². The van der Waals surface area contributed by atoms with Crippen LogP contribution in [-0.2, 0) is 9.47 Å². The van der Waals surface area contributed by atoms with E-state index in [4.69, 9.17) is 9.47 Å². The van der Waals surface area contributed by atoms with Crippen LogP contribution in [0.5, 0.6) is 0 Å². The summed E-state index contributed by atoms with van der Waals surface area (Å²) in [5.74, 6) is -0.947. The minimum atomic E-state index is -0.505. The third-order valence-electron chi connectivity index (χ3n) is 3.38. The topological polar surface area (TPSA) is 70.4 Å².